The van der Waals surface area contributed by atoms with E-state index in [2.05, 4.69) is 31.3 Å². The van der Waals surface area contributed by atoms with E-state index in [-0.39, 0.29) is 0 Å². The minimum Gasteiger partial charge on any atom is -0.316 e. The zero-order valence-corrected chi connectivity index (χ0v) is 10.4. The molecule has 16 heavy (non-hydrogen) atoms. The fraction of sp³-hybridized carbons (Fsp3) is 0.455. The molecule has 1 aliphatic heterocycles. The van der Waals surface area contributed by atoms with Gasteiger partial charge in [0.05, 0.1) is 0 Å². The summed E-state index contributed by atoms with van der Waals surface area (Å²) in [6, 6.07) is 5.94. The van der Waals surface area contributed by atoms with Gasteiger partial charge in [0.25, 0.3) is 0 Å². The summed E-state index contributed by atoms with van der Waals surface area (Å²) in [6.45, 7) is 2.22. The van der Waals surface area contributed by atoms with E-state index in [0.717, 1.165) is 35.6 Å². The van der Waals surface area contributed by atoms with Crippen LogP contribution in [0, 0.1) is 5.92 Å². The zero-order valence-electron chi connectivity index (χ0n) is 8.86. The number of hydrogen-bond acceptors (Lipinski definition) is 3. The van der Waals surface area contributed by atoms with E-state index in [1.54, 1.807) is 0 Å². The molecule has 1 aliphatic rings. The van der Waals surface area contributed by atoms with Crippen molar-refractivity contribution in [2.45, 2.75) is 12.8 Å². The number of nitrogens with zero attached hydrogens (tertiary/aromatic N) is 3. The van der Waals surface area contributed by atoms with Crippen LogP contribution in [-0.2, 0) is 6.42 Å². The van der Waals surface area contributed by atoms with Crippen LogP contribution in [0.25, 0.3) is 5.65 Å². The van der Waals surface area contributed by atoms with Crippen molar-refractivity contribution < 1.29 is 0 Å². The molecule has 1 saturated heterocycles. The van der Waals surface area contributed by atoms with Crippen LogP contribution in [-0.4, -0.2) is 27.7 Å². The zero-order chi connectivity index (χ0) is 11.0. The number of pyridine rings is 1. The predicted octanol–water partition coefficient (Wildman–Crippen LogP) is 1.64. The Bertz CT molecular complexity index is 502. The van der Waals surface area contributed by atoms with E-state index in [1.807, 2.05) is 22.7 Å². The van der Waals surface area contributed by atoms with Crippen molar-refractivity contribution in [3.63, 3.8) is 0 Å². The second kappa shape index (κ2) is 4.14. The van der Waals surface area contributed by atoms with E-state index < -0.39 is 0 Å². The number of fused-ring (bicyclic) bond motifs is 1. The van der Waals surface area contributed by atoms with Crippen molar-refractivity contribution in [1.29, 1.82) is 0 Å². The Morgan fingerprint density at radius 3 is 3.19 bits per heavy atom. The molecule has 3 rings (SSSR count). The van der Waals surface area contributed by atoms with E-state index in [1.165, 1.54) is 6.42 Å². The fourth-order valence-electron chi connectivity index (χ4n) is 2.15. The van der Waals surface area contributed by atoms with Gasteiger partial charge in [-0.2, -0.15) is 5.10 Å². The van der Waals surface area contributed by atoms with Crippen molar-refractivity contribution in [2.75, 3.05) is 13.1 Å². The van der Waals surface area contributed by atoms with E-state index in [4.69, 9.17) is 0 Å². The van der Waals surface area contributed by atoms with E-state index >= 15 is 0 Å². The molecule has 0 radical (unpaired) electrons. The van der Waals surface area contributed by atoms with Crippen LogP contribution in [0.15, 0.2) is 22.8 Å². The van der Waals surface area contributed by atoms with Crippen LogP contribution in [0.4, 0.5) is 0 Å². The molecule has 0 aliphatic carbocycles. The molecule has 1 fully saturated rings. The molecular formula is C11H13BrN4. The molecular weight excluding hydrogens is 268 g/mol. The highest BCUT2D eigenvalue weighted by Gasteiger charge is 2.17. The van der Waals surface area contributed by atoms with Crippen molar-refractivity contribution in [3.05, 3.63) is 28.6 Å². The van der Waals surface area contributed by atoms with Crippen molar-refractivity contribution in [3.8, 4) is 0 Å². The van der Waals surface area contributed by atoms with Gasteiger partial charge < -0.3 is 5.32 Å². The number of rotatable bonds is 2. The number of halogens is 1. The standard InChI is InChI=1S/C11H13BrN4/c12-9-2-1-3-11-14-10(15-16(9)11)6-8-4-5-13-7-8/h1-3,8,13H,4-7H2. The Morgan fingerprint density at radius 1 is 1.50 bits per heavy atom. The fourth-order valence-corrected chi connectivity index (χ4v) is 2.56. The lowest BCUT2D eigenvalue weighted by Crippen LogP contribution is -2.11. The molecule has 0 amide bonds. The van der Waals surface area contributed by atoms with Gasteiger partial charge in [0.15, 0.2) is 11.5 Å². The summed E-state index contributed by atoms with van der Waals surface area (Å²) in [5.74, 6) is 1.64. The largest absolute Gasteiger partial charge is 0.316 e. The first kappa shape index (κ1) is 10.2. The van der Waals surface area contributed by atoms with E-state index in [9.17, 15) is 0 Å². The van der Waals surface area contributed by atoms with Crippen molar-refractivity contribution in [1.82, 2.24) is 19.9 Å². The summed E-state index contributed by atoms with van der Waals surface area (Å²) in [4.78, 5) is 4.53. The third-order valence-electron chi connectivity index (χ3n) is 2.99. The first-order valence-corrected chi connectivity index (χ1v) is 6.33. The maximum Gasteiger partial charge on any atom is 0.156 e. The van der Waals surface area contributed by atoms with Crippen LogP contribution in [0.3, 0.4) is 0 Å². The highest BCUT2D eigenvalue weighted by molar-refractivity contribution is 9.10. The third kappa shape index (κ3) is 1.85. The van der Waals surface area contributed by atoms with Gasteiger partial charge in [0, 0.05) is 6.42 Å². The molecule has 84 valence electrons. The van der Waals surface area contributed by atoms with Crippen molar-refractivity contribution >= 4 is 21.6 Å². The number of aromatic nitrogens is 3. The Balaban J connectivity index is 1.90. The van der Waals surface area contributed by atoms with Crippen molar-refractivity contribution in [2.24, 2.45) is 5.92 Å². The second-order valence-corrected chi connectivity index (χ2v) is 5.02. The van der Waals surface area contributed by atoms with Gasteiger partial charge in [-0.15, -0.1) is 0 Å². The SMILES string of the molecule is Brc1cccc2nc(CC3CCNC3)nn12. The summed E-state index contributed by atoms with van der Waals surface area (Å²) in [5, 5.41) is 7.87. The van der Waals surface area contributed by atoms with Crippen LogP contribution in [0.2, 0.25) is 0 Å². The summed E-state index contributed by atoms with van der Waals surface area (Å²) < 4.78 is 2.80. The van der Waals surface area contributed by atoms with Gasteiger partial charge in [-0.05, 0) is 53.5 Å². The minimum atomic E-state index is 0.691. The quantitative estimate of drug-likeness (QED) is 0.851. The smallest absolute Gasteiger partial charge is 0.156 e. The van der Waals surface area contributed by atoms with Gasteiger partial charge in [-0.25, -0.2) is 9.50 Å². The Labute approximate surface area is 102 Å². The first-order chi connectivity index (χ1) is 7.83. The van der Waals surface area contributed by atoms with Crippen LogP contribution in [0.1, 0.15) is 12.2 Å². The highest BCUT2D eigenvalue weighted by atomic mass is 79.9. The summed E-state index contributed by atoms with van der Waals surface area (Å²) in [6.07, 6.45) is 2.21. The molecule has 1 N–H and O–H groups in total. The van der Waals surface area contributed by atoms with Gasteiger partial charge in [0.1, 0.15) is 4.60 Å². The molecule has 4 nitrogen and oxygen atoms in total. The molecule has 2 aromatic heterocycles. The Morgan fingerprint density at radius 2 is 2.44 bits per heavy atom. The molecule has 0 spiro atoms. The summed E-state index contributed by atoms with van der Waals surface area (Å²) >= 11 is 3.47. The molecule has 2 aromatic rings. The monoisotopic (exact) mass is 280 g/mol. The number of hydrogen-bond donors (Lipinski definition) is 1. The lowest BCUT2D eigenvalue weighted by atomic mass is 10.1. The molecule has 5 heteroatoms. The summed E-state index contributed by atoms with van der Waals surface area (Å²) in [5.41, 5.74) is 0.912. The lowest BCUT2D eigenvalue weighted by molar-refractivity contribution is 0.561. The highest BCUT2D eigenvalue weighted by Crippen LogP contribution is 2.16. The van der Waals surface area contributed by atoms with Crippen LogP contribution >= 0.6 is 15.9 Å². The lowest BCUT2D eigenvalue weighted by Gasteiger charge is -2.02. The summed E-state index contributed by atoms with van der Waals surface area (Å²) in [7, 11) is 0. The molecule has 0 aromatic carbocycles. The Kier molecular flexibility index (Phi) is 2.65. The molecule has 3 heterocycles. The Hall–Kier alpha value is -0.940. The minimum absolute atomic E-state index is 0.691. The molecule has 1 atom stereocenters. The van der Waals surface area contributed by atoms with Crippen LogP contribution in [0.5, 0.6) is 0 Å². The topological polar surface area (TPSA) is 42.2 Å². The van der Waals surface area contributed by atoms with Crippen LogP contribution < -0.4 is 5.32 Å². The predicted molar refractivity (Wildman–Crippen MR) is 65.4 cm³/mol. The third-order valence-corrected chi connectivity index (χ3v) is 3.59. The van der Waals surface area contributed by atoms with Gasteiger partial charge >= 0.3 is 0 Å². The normalized spacial score (nSPS) is 20.7. The van der Waals surface area contributed by atoms with Gasteiger partial charge in [-0.3, -0.25) is 0 Å². The average molecular weight is 281 g/mol. The van der Waals surface area contributed by atoms with Gasteiger partial charge in [-0.1, -0.05) is 6.07 Å². The maximum atomic E-state index is 4.53. The number of nitrogens with one attached hydrogen (secondary N) is 1. The first-order valence-electron chi connectivity index (χ1n) is 5.54. The maximum absolute atomic E-state index is 4.53. The molecule has 0 saturated carbocycles. The average Bonchev–Trinajstić information content (AvgIpc) is 2.88. The second-order valence-electron chi connectivity index (χ2n) is 4.21. The van der Waals surface area contributed by atoms with Gasteiger partial charge in [0.2, 0.25) is 0 Å². The molecule has 0 bridgehead atoms. The molecule has 1 unspecified atom stereocenters. The van der Waals surface area contributed by atoms with E-state index in [0.29, 0.717) is 5.92 Å².